The molecule has 6 nitrogen and oxygen atoms in total. The van der Waals surface area contributed by atoms with Crippen LogP contribution in [0.1, 0.15) is 27.5 Å². The molecule has 2 N–H and O–H groups in total. The van der Waals surface area contributed by atoms with Gasteiger partial charge in [-0.25, -0.2) is 0 Å². The van der Waals surface area contributed by atoms with Gasteiger partial charge >= 0.3 is 6.61 Å². The standard InChI is InChI=1S/C22H26F2N2O4/c1-15-3-5-16(6-4-15)18(14-26-9-11-29-12-10-26)25-21(27)17-7-8-19(30-22(23)24)20(13-17)28-2/h3-8,13,18,22H,9-12,14H2,1-2H3,(H,25,27)/p+1/t18-/m1/s1. The number of carbonyl (C=O) groups is 1. The van der Waals surface area contributed by atoms with Crippen LogP contribution < -0.4 is 19.7 Å². The van der Waals surface area contributed by atoms with E-state index in [0.717, 1.165) is 30.8 Å². The number of quaternary nitrogens is 1. The van der Waals surface area contributed by atoms with Crippen molar-refractivity contribution < 1.29 is 32.7 Å². The predicted molar refractivity (Wildman–Crippen MR) is 107 cm³/mol. The highest BCUT2D eigenvalue weighted by molar-refractivity contribution is 5.95. The van der Waals surface area contributed by atoms with Gasteiger partial charge < -0.3 is 24.4 Å². The van der Waals surface area contributed by atoms with E-state index in [0.29, 0.717) is 18.8 Å². The van der Waals surface area contributed by atoms with E-state index in [1.54, 1.807) is 0 Å². The Morgan fingerprint density at radius 1 is 1.13 bits per heavy atom. The molecule has 0 aromatic heterocycles. The Hall–Kier alpha value is -2.71. The third-order valence-corrected chi connectivity index (χ3v) is 5.12. The van der Waals surface area contributed by atoms with Gasteiger partial charge in [-0.05, 0) is 30.7 Å². The molecule has 0 bridgehead atoms. The summed E-state index contributed by atoms with van der Waals surface area (Å²) in [5.74, 6) is -0.347. The summed E-state index contributed by atoms with van der Waals surface area (Å²) in [4.78, 5) is 14.3. The van der Waals surface area contributed by atoms with Gasteiger partial charge in [-0.15, -0.1) is 0 Å². The third-order valence-electron chi connectivity index (χ3n) is 5.12. The summed E-state index contributed by atoms with van der Waals surface area (Å²) >= 11 is 0. The molecular weight excluding hydrogens is 394 g/mol. The quantitative estimate of drug-likeness (QED) is 0.685. The molecule has 0 spiro atoms. The number of carbonyl (C=O) groups excluding carboxylic acids is 1. The first-order valence-corrected chi connectivity index (χ1v) is 9.88. The number of benzene rings is 2. The van der Waals surface area contributed by atoms with E-state index in [2.05, 4.69) is 10.1 Å². The zero-order valence-electron chi connectivity index (χ0n) is 17.1. The van der Waals surface area contributed by atoms with Gasteiger partial charge in [-0.2, -0.15) is 8.78 Å². The van der Waals surface area contributed by atoms with Crippen molar-refractivity contribution in [3.63, 3.8) is 0 Å². The van der Waals surface area contributed by atoms with Crippen LogP contribution in [0.15, 0.2) is 42.5 Å². The Morgan fingerprint density at radius 2 is 1.83 bits per heavy atom. The number of amides is 1. The van der Waals surface area contributed by atoms with Gasteiger partial charge in [-0.3, -0.25) is 4.79 Å². The molecule has 1 fully saturated rings. The van der Waals surface area contributed by atoms with Crippen molar-refractivity contribution in [1.82, 2.24) is 5.32 Å². The highest BCUT2D eigenvalue weighted by atomic mass is 19.3. The number of aryl methyl sites for hydroxylation is 1. The average Bonchev–Trinajstić information content (AvgIpc) is 2.74. The Labute approximate surface area is 174 Å². The van der Waals surface area contributed by atoms with Gasteiger partial charge in [0.15, 0.2) is 11.5 Å². The molecule has 2 aromatic rings. The lowest BCUT2D eigenvalue weighted by atomic mass is 10.0. The summed E-state index contributed by atoms with van der Waals surface area (Å²) in [5, 5.41) is 3.08. The summed E-state index contributed by atoms with van der Waals surface area (Å²) in [6, 6.07) is 12.0. The number of nitrogens with one attached hydrogen (secondary N) is 2. The molecular formula is C22H27F2N2O4+. The first-order valence-electron chi connectivity index (χ1n) is 9.88. The minimum absolute atomic E-state index is 0.0774. The van der Waals surface area contributed by atoms with Crippen LogP contribution in [0, 0.1) is 6.92 Å². The van der Waals surface area contributed by atoms with Crippen molar-refractivity contribution in [3.05, 3.63) is 59.2 Å². The topological polar surface area (TPSA) is 61.2 Å². The molecule has 2 aromatic carbocycles. The van der Waals surface area contributed by atoms with Crippen LogP contribution in [-0.4, -0.2) is 52.5 Å². The SMILES string of the molecule is COc1cc(C(=O)N[C@H](C[NH+]2CCOCC2)c2ccc(C)cc2)ccc1OC(F)F. The molecule has 1 aliphatic heterocycles. The summed E-state index contributed by atoms with van der Waals surface area (Å²) < 4.78 is 40.0. The number of hydrogen-bond acceptors (Lipinski definition) is 4. The van der Waals surface area contributed by atoms with Crippen molar-refractivity contribution in [3.8, 4) is 11.5 Å². The predicted octanol–water partition coefficient (Wildman–Crippen LogP) is 1.99. The minimum atomic E-state index is -2.97. The van der Waals surface area contributed by atoms with Crippen LogP contribution in [0.3, 0.4) is 0 Å². The molecule has 162 valence electrons. The Bertz CT molecular complexity index is 840. The highest BCUT2D eigenvalue weighted by Crippen LogP contribution is 2.29. The summed E-state index contributed by atoms with van der Waals surface area (Å²) in [6.07, 6.45) is 0. The largest absolute Gasteiger partial charge is 0.493 e. The lowest BCUT2D eigenvalue weighted by molar-refractivity contribution is -0.909. The number of methoxy groups -OCH3 is 1. The molecule has 0 saturated carbocycles. The molecule has 0 radical (unpaired) electrons. The van der Waals surface area contributed by atoms with E-state index in [4.69, 9.17) is 9.47 Å². The Kier molecular flexibility index (Phi) is 7.59. The first kappa shape index (κ1) is 22.0. The third kappa shape index (κ3) is 5.90. The lowest BCUT2D eigenvalue weighted by Crippen LogP contribution is -3.14. The molecule has 1 atom stereocenters. The smallest absolute Gasteiger partial charge is 0.387 e. The molecule has 1 aliphatic rings. The number of halogens is 2. The number of ether oxygens (including phenoxy) is 3. The van der Waals surface area contributed by atoms with Gasteiger partial charge in [-0.1, -0.05) is 29.8 Å². The van der Waals surface area contributed by atoms with Crippen LogP contribution in [0.4, 0.5) is 8.78 Å². The van der Waals surface area contributed by atoms with Gasteiger partial charge in [0.2, 0.25) is 0 Å². The van der Waals surface area contributed by atoms with Crippen molar-refractivity contribution in [2.75, 3.05) is 40.0 Å². The average molecular weight is 421 g/mol. The maximum atomic E-state index is 12.9. The molecule has 1 amide bonds. The molecule has 0 unspecified atom stereocenters. The van der Waals surface area contributed by atoms with Gasteiger partial charge in [0.1, 0.15) is 25.7 Å². The zero-order valence-corrected chi connectivity index (χ0v) is 17.1. The number of morpholine rings is 1. The van der Waals surface area contributed by atoms with Crippen molar-refractivity contribution in [1.29, 1.82) is 0 Å². The van der Waals surface area contributed by atoms with Gasteiger partial charge in [0, 0.05) is 5.56 Å². The highest BCUT2D eigenvalue weighted by Gasteiger charge is 2.24. The maximum absolute atomic E-state index is 12.9. The normalized spacial score (nSPS) is 15.6. The summed E-state index contributed by atoms with van der Waals surface area (Å²) in [5.41, 5.74) is 2.46. The van der Waals surface area contributed by atoms with E-state index in [-0.39, 0.29) is 23.4 Å². The fourth-order valence-corrected chi connectivity index (χ4v) is 3.45. The van der Waals surface area contributed by atoms with E-state index in [1.807, 2.05) is 31.2 Å². The molecule has 30 heavy (non-hydrogen) atoms. The van der Waals surface area contributed by atoms with Crippen LogP contribution in [0.2, 0.25) is 0 Å². The van der Waals surface area contributed by atoms with Crippen LogP contribution in [-0.2, 0) is 4.74 Å². The molecule has 0 aliphatic carbocycles. The van der Waals surface area contributed by atoms with E-state index >= 15 is 0 Å². The number of alkyl halides is 2. The van der Waals surface area contributed by atoms with Crippen molar-refractivity contribution in [2.24, 2.45) is 0 Å². The second kappa shape index (κ2) is 10.4. The zero-order chi connectivity index (χ0) is 21.5. The van der Waals surface area contributed by atoms with Gasteiger partial charge in [0.25, 0.3) is 5.91 Å². The van der Waals surface area contributed by atoms with E-state index in [1.165, 1.54) is 30.2 Å². The van der Waals surface area contributed by atoms with Crippen LogP contribution in [0.5, 0.6) is 11.5 Å². The van der Waals surface area contributed by atoms with Gasteiger partial charge in [0.05, 0.1) is 20.3 Å². The fourth-order valence-electron chi connectivity index (χ4n) is 3.45. The molecule has 1 heterocycles. The summed E-state index contributed by atoms with van der Waals surface area (Å²) in [7, 11) is 1.34. The minimum Gasteiger partial charge on any atom is -0.493 e. The maximum Gasteiger partial charge on any atom is 0.387 e. The Morgan fingerprint density at radius 3 is 2.47 bits per heavy atom. The van der Waals surface area contributed by atoms with Crippen molar-refractivity contribution >= 4 is 5.91 Å². The Balaban J connectivity index is 1.78. The number of rotatable bonds is 8. The monoisotopic (exact) mass is 421 g/mol. The molecule has 8 heteroatoms. The summed E-state index contributed by atoms with van der Waals surface area (Å²) in [6.45, 7) is 2.93. The second-order valence-electron chi connectivity index (χ2n) is 7.25. The fraction of sp³-hybridized carbons (Fsp3) is 0.409. The van der Waals surface area contributed by atoms with Crippen LogP contribution >= 0.6 is 0 Å². The molecule has 1 saturated heterocycles. The molecule has 3 rings (SSSR count). The van der Waals surface area contributed by atoms with Crippen LogP contribution in [0.25, 0.3) is 0 Å². The van der Waals surface area contributed by atoms with Crippen molar-refractivity contribution in [2.45, 2.75) is 19.6 Å². The van der Waals surface area contributed by atoms with E-state index < -0.39 is 6.61 Å². The first-order chi connectivity index (χ1) is 14.5. The van der Waals surface area contributed by atoms with E-state index in [9.17, 15) is 13.6 Å². The second-order valence-corrected chi connectivity index (χ2v) is 7.25. The number of hydrogen-bond donors (Lipinski definition) is 2. The lowest BCUT2D eigenvalue weighted by Gasteiger charge is -2.28.